The summed E-state index contributed by atoms with van der Waals surface area (Å²) < 4.78 is 0. The number of hydrogen-bond acceptors (Lipinski definition) is 18. The van der Waals surface area contributed by atoms with Gasteiger partial charge in [0, 0.05) is 70.6 Å². The van der Waals surface area contributed by atoms with E-state index in [1.807, 2.05) is 256 Å². The first kappa shape index (κ1) is 81.5. The van der Waals surface area contributed by atoms with Crippen molar-refractivity contribution in [1.29, 1.82) is 0 Å². The molecule has 12 aromatic rings. The van der Waals surface area contributed by atoms with Gasteiger partial charge >= 0.3 is 20.1 Å². The Morgan fingerprint density at radius 3 is 0.440 bits per heavy atom. The van der Waals surface area contributed by atoms with Crippen molar-refractivity contribution in [2.75, 3.05) is 0 Å². The van der Waals surface area contributed by atoms with Gasteiger partial charge in [0.1, 0.15) is 35.3 Å². The number of Topliss-reactive ketones (excluding diaryl/α,β-unsaturated/α-hetero) is 6. The van der Waals surface area contributed by atoms with E-state index in [-0.39, 0.29) is 20.1 Å². The summed E-state index contributed by atoms with van der Waals surface area (Å²) in [5.41, 5.74) is 13.1. The number of aromatic nitrogens is 6. The van der Waals surface area contributed by atoms with Gasteiger partial charge in [0.05, 0.1) is 53.4 Å². The number of carbonyl (C=O) groups is 9. The Morgan fingerprint density at radius 1 is 0.220 bits per heavy atom. The largest absolute Gasteiger partial charge is 3.00 e. The van der Waals surface area contributed by atoms with Crippen molar-refractivity contribution in [3.05, 3.63) is 328 Å². The molecule has 0 N–H and O–H groups in total. The van der Waals surface area contributed by atoms with Gasteiger partial charge in [0.25, 0.3) is 0 Å². The SMILES string of the molecule is CC(=O)CC(=O)C(=O)[O-].CC(=O)CC(=O)C(=O)[O-].CC(=O)CC(=O)C(=O)[O-].[Ir+3].c1ccc(-c2ccccn2)cc1.c1ccc(-c2ccccn2)cc1.c1ccc(-c2ccccn2)cc1.c1ccc(-c2ccccn2)cc1.c1ccc(-c2ccccn2)cc1.c1ccc(-c2ccccn2)cc1. The summed E-state index contributed by atoms with van der Waals surface area (Å²) in [5, 5.41) is 28.9. The molecule has 0 bridgehead atoms. The van der Waals surface area contributed by atoms with Crippen LogP contribution in [0.25, 0.3) is 67.5 Å². The topological polar surface area (TPSA) is 300 Å². The van der Waals surface area contributed by atoms with E-state index in [1.54, 1.807) is 0 Å². The van der Waals surface area contributed by atoms with Crippen LogP contribution in [-0.4, -0.2) is 82.5 Å². The molecule has 0 unspecified atom stereocenters. The van der Waals surface area contributed by atoms with Gasteiger partial charge in [-0.25, -0.2) is 0 Å². The molecule has 0 radical (unpaired) electrons. The Bertz CT molecular complexity index is 3410. The maximum atomic E-state index is 10.1. The molecular weight excluding hydrogens is 1440 g/mol. The number of aliphatic carboxylic acids is 3. The Balaban J connectivity index is 0.000000293. The summed E-state index contributed by atoms with van der Waals surface area (Å²) in [6, 6.07) is 96.5. The molecule has 0 saturated heterocycles. The molecule has 504 valence electrons. The van der Waals surface area contributed by atoms with E-state index in [2.05, 4.69) is 103 Å². The molecule has 18 nitrogen and oxygen atoms in total. The van der Waals surface area contributed by atoms with Gasteiger partial charge in [-0.05, 0) is 93.6 Å². The summed E-state index contributed by atoms with van der Waals surface area (Å²) in [7, 11) is 0. The maximum absolute atomic E-state index is 10.1. The number of benzene rings is 6. The Labute approximate surface area is 593 Å². The van der Waals surface area contributed by atoms with Crippen molar-refractivity contribution in [3.63, 3.8) is 0 Å². The Morgan fingerprint density at radius 2 is 0.350 bits per heavy atom. The zero-order valence-electron chi connectivity index (χ0n) is 54.7. The smallest absolute Gasteiger partial charge is 0.542 e. The van der Waals surface area contributed by atoms with Gasteiger partial charge in [-0.2, -0.15) is 0 Å². The summed E-state index contributed by atoms with van der Waals surface area (Å²) in [6.07, 6.45) is 9.15. The predicted octanol–water partition coefficient (Wildman–Crippen LogP) is 11.3. The average Bonchev–Trinajstić information content (AvgIpc) is 0.968. The molecule has 19 heteroatoms. The third-order valence-corrected chi connectivity index (χ3v) is 12.3. The van der Waals surface area contributed by atoms with Gasteiger partial charge in [-0.1, -0.05) is 218 Å². The van der Waals surface area contributed by atoms with E-state index < -0.39 is 71.9 Å². The van der Waals surface area contributed by atoms with Crippen molar-refractivity contribution in [3.8, 4) is 67.5 Å². The number of pyridine rings is 6. The molecule has 6 aromatic carbocycles. The van der Waals surface area contributed by atoms with Gasteiger partial charge in [-0.15, -0.1) is 0 Å². The first-order valence-electron chi connectivity index (χ1n) is 30.4. The van der Waals surface area contributed by atoms with Crippen molar-refractivity contribution in [1.82, 2.24) is 29.9 Å². The van der Waals surface area contributed by atoms with Crippen LogP contribution >= 0.6 is 0 Å². The van der Waals surface area contributed by atoms with Crippen LogP contribution in [0, 0.1) is 0 Å². The van der Waals surface area contributed by atoms with Crippen molar-refractivity contribution >= 4 is 52.6 Å². The molecule has 0 saturated carbocycles. The van der Waals surface area contributed by atoms with Crippen LogP contribution in [-0.2, 0) is 63.3 Å². The van der Waals surface area contributed by atoms with Crippen LogP contribution in [0.4, 0.5) is 0 Å². The molecule has 0 aliphatic rings. The minimum atomic E-state index is -1.80. The number of carbonyl (C=O) groups excluding carboxylic acids is 9. The second kappa shape index (κ2) is 48.9. The summed E-state index contributed by atoms with van der Waals surface area (Å²) in [6.45, 7) is 3.42. The van der Waals surface area contributed by atoms with E-state index in [0.29, 0.717) is 0 Å². The van der Waals surface area contributed by atoms with Crippen molar-refractivity contribution < 1.29 is 78.6 Å². The van der Waals surface area contributed by atoms with Crippen molar-refractivity contribution in [2.45, 2.75) is 40.0 Å². The van der Waals surface area contributed by atoms with Gasteiger partial charge in [0.15, 0.2) is 17.3 Å². The molecule has 0 aliphatic carbocycles. The number of carboxylic acids is 3. The minimum absolute atomic E-state index is 0. The molecule has 0 amide bonds. The third kappa shape index (κ3) is 35.2. The zero-order valence-corrected chi connectivity index (χ0v) is 57.1. The van der Waals surface area contributed by atoms with E-state index in [0.717, 1.165) is 88.3 Å². The van der Waals surface area contributed by atoms with Crippen LogP contribution < -0.4 is 15.3 Å². The standard InChI is InChI=1S/6C11H9N.3C5H6O4.Ir/c6*1-2-6-10(7-3-1)11-8-4-5-9-12-11;3*1-3(6)2-4(7)5(8)9;/h6*1-9H;3*2H2,1H3,(H,8,9);/q;;;;;;;;;+3/p-3. The molecular formula is C81H69IrN6O12. The van der Waals surface area contributed by atoms with E-state index in [9.17, 15) is 58.5 Å². The molecule has 0 aliphatic heterocycles. The van der Waals surface area contributed by atoms with Crippen LogP contribution in [0.3, 0.4) is 0 Å². The average molecular weight is 1510 g/mol. The van der Waals surface area contributed by atoms with Gasteiger partial charge in [-0.3, -0.25) is 58.7 Å². The fourth-order valence-electron chi connectivity index (χ4n) is 7.75. The first-order valence-corrected chi connectivity index (χ1v) is 30.4. The van der Waals surface area contributed by atoms with Crippen LogP contribution in [0.2, 0.25) is 0 Å². The normalized spacial score (nSPS) is 9.27. The first-order chi connectivity index (χ1) is 47.9. The summed E-state index contributed by atoms with van der Waals surface area (Å²) >= 11 is 0. The molecule has 6 heterocycles. The molecule has 100 heavy (non-hydrogen) atoms. The molecule has 6 aromatic heterocycles. The van der Waals surface area contributed by atoms with Gasteiger partial charge < -0.3 is 29.7 Å². The van der Waals surface area contributed by atoms with E-state index in [1.165, 1.54) is 0 Å². The Kier molecular flexibility index (Phi) is 39.9. The number of rotatable bonds is 15. The zero-order chi connectivity index (χ0) is 71.7. The number of ketones is 6. The third-order valence-electron chi connectivity index (χ3n) is 12.3. The molecule has 0 fully saturated rings. The fourth-order valence-corrected chi connectivity index (χ4v) is 7.75. The second-order valence-corrected chi connectivity index (χ2v) is 20.3. The fraction of sp³-hybridized carbons (Fsp3) is 0.0741. The minimum Gasteiger partial charge on any atom is -0.542 e. The van der Waals surface area contributed by atoms with Crippen LogP contribution in [0.5, 0.6) is 0 Å². The number of hydrogen-bond donors (Lipinski definition) is 0. The number of nitrogens with zero attached hydrogens (tertiary/aromatic N) is 6. The molecule has 0 spiro atoms. The second-order valence-electron chi connectivity index (χ2n) is 20.3. The maximum Gasteiger partial charge on any atom is 3.00 e. The van der Waals surface area contributed by atoms with Crippen LogP contribution in [0.15, 0.2) is 328 Å². The molecule has 0 atom stereocenters. The van der Waals surface area contributed by atoms with Crippen LogP contribution in [0.1, 0.15) is 40.0 Å². The monoisotopic (exact) mass is 1510 g/mol. The predicted molar refractivity (Wildman–Crippen MR) is 374 cm³/mol. The van der Waals surface area contributed by atoms with Gasteiger partial charge in [0.2, 0.25) is 0 Å². The quantitative estimate of drug-likeness (QED) is 0.0680. The number of carboxylic acid groups (broad SMARTS) is 3. The Hall–Kier alpha value is -12.7. The van der Waals surface area contributed by atoms with Crippen molar-refractivity contribution in [2.24, 2.45) is 0 Å². The van der Waals surface area contributed by atoms with E-state index >= 15 is 0 Å². The molecule has 12 rings (SSSR count). The summed E-state index contributed by atoms with van der Waals surface area (Å²) in [4.78, 5) is 115. The summed E-state index contributed by atoms with van der Waals surface area (Å²) in [5.74, 6) is -10.3. The van der Waals surface area contributed by atoms with E-state index in [4.69, 9.17) is 0 Å².